The van der Waals surface area contributed by atoms with Crippen molar-refractivity contribution in [3.63, 3.8) is 0 Å². The third-order valence-corrected chi connectivity index (χ3v) is 4.33. The van der Waals surface area contributed by atoms with Crippen LogP contribution in [0.1, 0.15) is 37.3 Å². The molecule has 0 spiro atoms. The van der Waals surface area contributed by atoms with Crippen molar-refractivity contribution in [3.8, 4) is 0 Å². The molecule has 1 aromatic rings. The van der Waals surface area contributed by atoms with Crippen molar-refractivity contribution in [3.05, 3.63) is 35.9 Å². The van der Waals surface area contributed by atoms with Gasteiger partial charge < -0.3 is 10.1 Å². The van der Waals surface area contributed by atoms with Crippen molar-refractivity contribution in [2.24, 2.45) is 0 Å². The van der Waals surface area contributed by atoms with Gasteiger partial charge in [0.15, 0.2) is 0 Å². The lowest BCUT2D eigenvalue weighted by Gasteiger charge is -2.32. The predicted octanol–water partition coefficient (Wildman–Crippen LogP) is 2.59. The Balaban J connectivity index is 1.70. The Morgan fingerprint density at radius 1 is 1.20 bits per heavy atom. The number of hydrogen-bond donors (Lipinski definition) is 1. The summed E-state index contributed by atoms with van der Waals surface area (Å²) in [5.41, 5.74) is 1.43. The number of hydrogen-bond acceptors (Lipinski definition) is 3. The molecule has 0 heterocycles. The van der Waals surface area contributed by atoms with Crippen LogP contribution in [0.25, 0.3) is 0 Å². The normalized spacial score (nSPS) is 20.3. The highest BCUT2D eigenvalue weighted by Gasteiger charge is 2.35. The Labute approximate surface area is 122 Å². The van der Waals surface area contributed by atoms with Gasteiger partial charge in [-0.2, -0.15) is 0 Å². The highest BCUT2D eigenvalue weighted by atomic mass is 16.5. The maximum absolute atomic E-state index is 5.31. The van der Waals surface area contributed by atoms with E-state index in [1.165, 1.54) is 31.2 Å². The van der Waals surface area contributed by atoms with Gasteiger partial charge in [0.05, 0.1) is 6.61 Å². The van der Waals surface area contributed by atoms with Crippen LogP contribution in [-0.2, 0) is 4.74 Å². The zero-order valence-corrected chi connectivity index (χ0v) is 12.4. The predicted molar refractivity (Wildman–Crippen MR) is 81.8 cm³/mol. The van der Waals surface area contributed by atoms with Crippen molar-refractivity contribution in [2.45, 2.75) is 43.8 Å². The molecule has 1 aromatic carbocycles. The van der Waals surface area contributed by atoms with Crippen LogP contribution in [0.3, 0.4) is 0 Å². The largest absolute Gasteiger partial charge is 0.383 e. The Morgan fingerprint density at radius 3 is 2.55 bits per heavy atom. The highest BCUT2D eigenvalue weighted by molar-refractivity contribution is 5.20. The molecular weight excluding hydrogens is 248 g/mol. The summed E-state index contributed by atoms with van der Waals surface area (Å²) in [4.78, 5) is 2.65. The van der Waals surface area contributed by atoms with Gasteiger partial charge in [0.1, 0.15) is 0 Å². The summed E-state index contributed by atoms with van der Waals surface area (Å²) in [6.07, 6.45) is 5.39. The zero-order chi connectivity index (χ0) is 13.8. The number of rotatable bonds is 9. The van der Waals surface area contributed by atoms with Crippen LogP contribution in [0.2, 0.25) is 0 Å². The number of nitrogens with one attached hydrogen (secondary N) is 1. The smallest absolute Gasteiger partial charge is 0.0590 e. The zero-order valence-electron chi connectivity index (χ0n) is 12.4. The third kappa shape index (κ3) is 3.81. The van der Waals surface area contributed by atoms with Gasteiger partial charge in [-0.1, -0.05) is 30.3 Å². The van der Waals surface area contributed by atoms with E-state index < -0.39 is 0 Å². The molecule has 2 fully saturated rings. The number of methoxy groups -OCH3 is 1. The van der Waals surface area contributed by atoms with Crippen LogP contribution in [0.5, 0.6) is 0 Å². The minimum Gasteiger partial charge on any atom is -0.383 e. The van der Waals surface area contributed by atoms with Gasteiger partial charge in [-0.05, 0) is 31.2 Å². The average Bonchev–Trinajstić information content (AvgIpc) is 3.37. The molecule has 0 bridgehead atoms. The summed E-state index contributed by atoms with van der Waals surface area (Å²) in [7, 11) is 1.80. The van der Waals surface area contributed by atoms with Crippen molar-refractivity contribution in [1.29, 1.82) is 0 Å². The van der Waals surface area contributed by atoms with Gasteiger partial charge in [-0.15, -0.1) is 0 Å². The van der Waals surface area contributed by atoms with E-state index in [1.54, 1.807) is 7.11 Å². The highest BCUT2D eigenvalue weighted by Crippen LogP contribution is 2.34. The first-order valence-corrected chi connectivity index (χ1v) is 7.91. The molecular formula is C17H26N2O. The molecule has 1 unspecified atom stereocenters. The Kier molecular flexibility index (Phi) is 4.71. The topological polar surface area (TPSA) is 24.5 Å². The van der Waals surface area contributed by atoms with Gasteiger partial charge in [0.2, 0.25) is 0 Å². The van der Waals surface area contributed by atoms with E-state index in [1.807, 2.05) is 0 Å². The minimum absolute atomic E-state index is 0.486. The molecule has 0 saturated heterocycles. The summed E-state index contributed by atoms with van der Waals surface area (Å²) in [6, 6.07) is 13.0. The second kappa shape index (κ2) is 6.70. The fourth-order valence-electron chi connectivity index (χ4n) is 2.86. The summed E-state index contributed by atoms with van der Waals surface area (Å²) >= 11 is 0. The first-order valence-electron chi connectivity index (χ1n) is 7.91. The molecule has 1 atom stereocenters. The van der Waals surface area contributed by atoms with Gasteiger partial charge >= 0.3 is 0 Å². The molecule has 0 aliphatic heterocycles. The van der Waals surface area contributed by atoms with Gasteiger partial charge in [0.25, 0.3) is 0 Å². The Morgan fingerprint density at radius 2 is 1.95 bits per heavy atom. The molecule has 0 radical (unpaired) electrons. The minimum atomic E-state index is 0.486. The second-order valence-electron chi connectivity index (χ2n) is 6.07. The van der Waals surface area contributed by atoms with Crippen molar-refractivity contribution in [2.75, 3.05) is 26.8 Å². The summed E-state index contributed by atoms with van der Waals surface area (Å²) < 4.78 is 5.31. The third-order valence-electron chi connectivity index (χ3n) is 4.33. The second-order valence-corrected chi connectivity index (χ2v) is 6.07. The number of nitrogens with zero attached hydrogens (tertiary/aromatic N) is 1. The monoisotopic (exact) mass is 274 g/mol. The van der Waals surface area contributed by atoms with Crippen molar-refractivity contribution < 1.29 is 4.74 Å². The van der Waals surface area contributed by atoms with Gasteiger partial charge in [0, 0.05) is 38.3 Å². The van der Waals surface area contributed by atoms with E-state index in [0.717, 1.165) is 31.8 Å². The first kappa shape index (κ1) is 14.1. The van der Waals surface area contributed by atoms with Crippen LogP contribution in [-0.4, -0.2) is 43.8 Å². The molecule has 2 aliphatic carbocycles. The standard InChI is InChI=1S/C17H26N2O/c1-20-12-11-19(16-9-10-16)17(13-18-15-7-8-15)14-5-3-2-4-6-14/h2-6,15-18H,7-13H2,1H3. The van der Waals surface area contributed by atoms with Crippen LogP contribution >= 0.6 is 0 Å². The van der Waals surface area contributed by atoms with Crippen molar-refractivity contribution >= 4 is 0 Å². The molecule has 1 N–H and O–H groups in total. The van der Waals surface area contributed by atoms with Crippen LogP contribution < -0.4 is 5.32 Å². The quantitative estimate of drug-likeness (QED) is 0.749. The SMILES string of the molecule is COCCN(C1CC1)C(CNC1CC1)c1ccccc1. The Bertz CT molecular complexity index is 401. The lowest BCUT2D eigenvalue weighted by Crippen LogP contribution is -2.39. The molecule has 3 heteroatoms. The summed E-state index contributed by atoms with van der Waals surface area (Å²) in [5, 5.41) is 3.71. The molecule has 20 heavy (non-hydrogen) atoms. The molecule has 2 aliphatic rings. The van der Waals surface area contributed by atoms with E-state index in [-0.39, 0.29) is 0 Å². The van der Waals surface area contributed by atoms with E-state index in [0.29, 0.717) is 6.04 Å². The van der Waals surface area contributed by atoms with E-state index in [2.05, 4.69) is 40.5 Å². The molecule has 0 aromatic heterocycles. The first-order chi connectivity index (χ1) is 9.88. The lowest BCUT2D eigenvalue weighted by atomic mass is 10.0. The van der Waals surface area contributed by atoms with Crippen LogP contribution in [0.4, 0.5) is 0 Å². The number of ether oxygens (including phenoxy) is 1. The Hall–Kier alpha value is -0.900. The molecule has 3 rings (SSSR count). The number of benzene rings is 1. The van der Waals surface area contributed by atoms with Crippen molar-refractivity contribution in [1.82, 2.24) is 10.2 Å². The van der Waals surface area contributed by atoms with E-state index in [4.69, 9.17) is 4.74 Å². The fraction of sp³-hybridized carbons (Fsp3) is 0.647. The molecule has 110 valence electrons. The van der Waals surface area contributed by atoms with Crippen LogP contribution in [0.15, 0.2) is 30.3 Å². The molecule has 3 nitrogen and oxygen atoms in total. The summed E-state index contributed by atoms with van der Waals surface area (Å²) in [6.45, 7) is 2.92. The fourth-order valence-corrected chi connectivity index (χ4v) is 2.86. The van der Waals surface area contributed by atoms with E-state index >= 15 is 0 Å². The van der Waals surface area contributed by atoms with E-state index in [9.17, 15) is 0 Å². The maximum atomic E-state index is 5.31. The molecule has 0 amide bonds. The summed E-state index contributed by atoms with van der Waals surface area (Å²) in [5.74, 6) is 0. The lowest BCUT2D eigenvalue weighted by molar-refractivity contribution is 0.112. The van der Waals surface area contributed by atoms with Gasteiger partial charge in [-0.25, -0.2) is 0 Å². The van der Waals surface area contributed by atoms with Gasteiger partial charge in [-0.3, -0.25) is 4.90 Å². The average molecular weight is 274 g/mol. The molecule has 2 saturated carbocycles. The van der Waals surface area contributed by atoms with Crippen LogP contribution in [0, 0.1) is 0 Å². The maximum Gasteiger partial charge on any atom is 0.0590 e.